The van der Waals surface area contributed by atoms with Crippen molar-refractivity contribution >= 4 is 0 Å². The fourth-order valence-corrected chi connectivity index (χ4v) is 1.48. The van der Waals surface area contributed by atoms with E-state index >= 15 is 0 Å². The summed E-state index contributed by atoms with van der Waals surface area (Å²) >= 11 is 0. The third-order valence-electron chi connectivity index (χ3n) is 2.26. The van der Waals surface area contributed by atoms with Crippen LogP contribution in [0.1, 0.15) is 31.9 Å². The Bertz CT molecular complexity index is 323. The lowest BCUT2D eigenvalue weighted by Gasteiger charge is -2.14. The average molecular weight is 212 g/mol. The first kappa shape index (κ1) is 12.0. The Hall–Kier alpha value is -1.09. The van der Waals surface area contributed by atoms with Gasteiger partial charge in [-0.15, -0.1) is 0 Å². The van der Waals surface area contributed by atoms with Gasteiger partial charge < -0.3 is 9.84 Å². The average Bonchev–Trinajstić information content (AvgIpc) is 2.17. The highest BCUT2D eigenvalue weighted by atomic mass is 19.1. The highest BCUT2D eigenvalue weighted by Crippen LogP contribution is 2.26. The third kappa shape index (κ3) is 3.20. The first-order valence-corrected chi connectivity index (χ1v) is 5.06. The molecule has 0 radical (unpaired) electrons. The van der Waals surface area contributed by atoms with Gasteiger partial charge >= 0.3 is 0 Å². The van der Waals surface area contributed by atoms with Crippen molar-refractivity contribution in [2.75, 3.05) is 7.11 Å². The lowest BCUT2D eigenvalue weighted by molar-refractivity contribution is 0.146. The predicted molar refractivity (Wildman–Crippen MR) is 57.4 cm³/mol. The van der Waals surface area contributed by atoms with Crippen molar-refractivity contribution in [1.29, 1.82) is 0 Å². The molecular formula is C12H17FO2. The summed E-state index contributed by atoms with van der Waals surface area (Å²) in [7, 11) is 1.52. The largest absolute Gasteiger partial charge is 0.497 e. The second-order valence-electron chi connectivity index (χ2n) is 4.03. The van der Waals surface area contributed by atoms with Crippen molar-refractivity contribution in [2.24, 2.45) is 5.92 Å². The minimum atomic E-state index is -0.764. The molecule has 1 rings (SSSR count). The van der Waals surface area contributed by atoms with Crippen LogP contribution in [0.4, 0.5) is 4.39 Å². The maximum Gasteiger partial charge on any atom is 0.129 e. The number of aliphatic hydroxyl groups excluding tert-OH is 1. The highest BCUT2D eigenvalue weighted by molar-refractivity contribution is 5.31. The van der Waals surface area contributed by atoms with Crippen molar-refractivity contribution in [3.63, 3.8) is 0 Å². The number of ether oxygens (including phenoxy) is 1. The Morgan fingerprint density at radius 2 is 2.07 bits per heavy atom. The molecule has 0 bridgehead atoms. The van der Waals surface area contributed by atoms with Gasteiger partial charge in [-0.25, -0.2) is 4.39 Å². The standard InChI is InChI=1S/C12H17FO2/c1-8(2)6-12(14)10-7-9(15-3)4-5-11(10)13/h4-5,7-8,12,14H,6H2,1-3H3. The number of benzene rings is 1. The fraction of sp³-hybridized carbons (Fsp3) is 0.500. The molecule has 15 heavy (non-hydrogen) atoms. The summed E-state index contributed by atoms with van der Waals surface area (Å²) in [5, 5.41) is 9.80. The van der Waals surface area contributed by atoms with E-state index in [1.807, 2.05) is 13.8 Å². The molecule has 0 saturated heterocycles. The molecule has 0 aliphatic rings. The molecule has 1 atom stereocenters. The van der Waals surface area contributed by atoms with Gasteiger partial charge in [0, 0.05) is 5.56 Å². The van der Waals surface area contributed by atoms with Crippen LogP contribution in [-0.2, 0) is 0 Å². The molecule has 0 aliphatic carbocycles. The first-order chi connectivity index (χ1) is 7.04. The fourth-order valence-electron chi connectivity index (χ4n) is 1.48. The van der Waals surface area contributed by atoms with Crippen LogP contribution in [0, 0.1) is 11.7 Å². The summed E-state index contributed by atoms with van der Waals surface area (Å²) in [6, 6.07) is 4.40. The molecule has 0 spiro atoms. The molecule has 2 nitrogen and oxygen atoms in total. The minimum absolute atomic E-state index is 0.308. The summed E-state index contributed by atoms with van der Waals surface area (Å²) < 4.78 is 18.4. The van der Waals surface area contributed by atoms with Crippen molar-refractivity contribution in [1.82, 2.24) is 0 Å². The highest BCUT2D eigenvalue weighted by Gasteiger charge is 2.15. The molecule has 0 aromatic heterocycles. The summed E-state index contributed by atoms with van der Waals surface area (Å²) in [4.78, 5) is 0. The van der Waals surface area contributed by atoms with Gasteiger partial charge in [0.05, 0.1) is 13.2 Å². The van der Waals surface area contributed by atoms with Crippen LogP contribution >= 0.6 is 0 Å². The van der Waals surface area contributed by atoms with Crippen molar-refractivity contribution < 1.29 is 14.2 Å². The Morgan fingerprint density at radius 3 is 2.60 bits per heavy atom. The lowest BCUT2D eigenvalue weighted by Crippen LogP contribution is -2.04. The summed E-state index contributed by atoms with van der Waals surface area (Å²) in [6.07, 6.45) is -0.218. The number of methoxy groups -OCH3 is 1. The van der Waals surface area contributed by atoms with E-state index in [0.29, 0.717) is 23.7 Å². The number of halogens is 1. The van der Waals surface area contributed by atoms with Crippen molar-refractivity contribution in [3.05, 3.63) is 29.6 Å². The number of rotatable bonds is 4. The first-order valence-electron chi connectivity index (χ1n) is 5.06. The molecule has 1 unspecified atom stereocenters. The SMILES string of the molecule is COc1ccc(F)c(C(O)CC(C)C)c1. The van der Waals surface area contributed by atoms with Gasteiger partial charge in [0.2, 0.25) is 0 Å². The monoisotopic (exact) mass is 212 g/mol. The van der Waals surface area contributed by atoms with Crippen LogP contribution in [0.25, 0.3) is 0 Å². The molecule has 84 valence electrons. The molecule has 0 aliphatic heterocycles. The second-order valence-corrected chi connectivity index (χ2v) is 4.03. The Kier molecular flexibility index (Phi) is 4.09. The van der Waals surface area contributed by atoms with Gasteiger partial charge in [0.15, 0.2) is 0 Å². The normalized spacial score (nSPS) is 12.9. The van der Waals surface area contributed by atoms with Crippen LogP contribution in [0.3, 0.4) is 0 Å². The topological polar surface area (TPSA) is 29.5 Å². The zero-order valence-corrected chi connectivity index (χ0v) is 9.33. The van der Waals surface area contributed by atoms with Crippen LogP contribution in [-0.4, -0.2) is 12.2 Å². The number of aliphatic hydroxyl groups is 1. The predicted octanol–water partition coefficient (Wildman–Crippen LogP) is 2.91. The Balaban J connectivity index is 2.91. The Labute approximate surface area is 89.7 Å². The maximum atomic E-state index is 13.4. The van der Waals surface area contributed by atoms with Gasteiger partial charge in [-0.1, -0.05) is 13.8 Å². The van der Waals surface area contributed by atoms with Gasteiger partial charge in [0.1, 0.15) is 11.6 Å². The van der Waals surface area contributed by atoms with E-state index in [1.165, 1.54) is 13.2 Å². The van der Waals surface area contributed by atoms with E-state index in [4.69, 9.17) is 4.74 Å². The van der Waals surface area contributed by atoms with Crippen LogP contribution in [0.5, 0.6) is 5.75 Å². The molecule has 1 aromatic carbocycles. The molecule has 3 heteroatoms. The van der Waals surface area contributed by atoms with E-state index in [1.54, 1.807) is 12.1 Å². The summed E-state index contributed by atoms with van der Waals surface area (Å²) in [5.74, 6) is 0.503. The van der Waals surface area contributed by atoms with Gasteiger partial charge in [-0.2, -0.15) is 0 Å². The molecule has 0 amide bonds. The van der Waals surface area contributed by atoms with Crippen molar-refractivity contribution in [2.45, 2.75) is 26.4 Å². The maximum absolute atomic E-state index is 13.4. The Morgan fingerprint density at radius 1 is 1.40 bits per heavy atom. The van der Waals surface area contributed by atoms with E-state index in [-0.39, 0.29) is 5.82 Å². The second kappa shape index (κ2) is 5.12. The summed E-state index contributed by atoms with van der Waals surface area (Å²) in [6.45, 7) is 3.97. The van der Waals surface area contributed by atoms with Gasteiger partial charge in [-0.05, 0) is 30.5 Å². The van der Waals surface area contributed by atoms with Crippen LogP contribution in [0.2, 0.25) is 0 Å². The molecule has 0 heterocycles. The molecule has 0 saturated carbocycles. The lowest BCUT2D eigenvalue weighted by atomic mass is 9.99. The van der Waals surface area contributed by atoms with E-state index < -0.39 is 6.10 Å². The van der Waals surface area contributed by atoms with Crippen molar-refractivity contribution in [3.8, 4) is 5.75 Å². The van der Waals surface area contributed by atoms with E-state index in [9.17, 15) is 9.50 Å². The number of hydrogen-bond acceptors (Lipinski definition) is 2. The zero-order chi connectivity index (χ0) is 11.4. The quantitative estimate of drug-likeness (QED) is 0.831. The molecule has 0 fully saturated rings. The zero-order valence-electron chi connectivity index (χ0n) is 9.33. The molecule has 1 N–H and O–H groups in total. The van der Waals surface area contributed by atoms with Crippen LogP contribution < -0.4 is 4.74 Å². The van der Waals surface area contributed by atoms with Crippen LogP contribution in [0.15, 0.2) is 18.2 Å². The third-order valence-corrected chi connectivity index (χ3v) is 2.26. The minimum Gasteiger partial charge on any atom is -0.497 e. The number of hydrogen-bond donors (Lipinski definition) is 1. The molecular weight excluding hydrogens is 195 g/mol. The molecule has 1 aromatic rings. The van der Waals surface area contributed by atoms with E-state index in [2.05, 4.69) is 0 Å². The van der Waals surface area contributed by atoms with Gasteiger partial charge in [-0.3, -0.25) is 0 Å². The smallest absolute Gasteiger partial charge is 0.129 e. The van der Waals surface area contributed by atoms with E-state index in [0.717, 1.165) is 0 Å². The van der Waals surface area contributed by atoms with Gasteiger partial charge in [0.25, 0.3) is 0 Å². The summed E-state index contributed by atoms with van der Waals surface area (Å²) in [5.41, 5.74) is 0.308.